The number of rotatable bonds is 4. The van der Waals surface area contributed by atoms with Gasteiger partial charge in [0.15, 0.2) is 0 Å². The Bertz CT molecular complexity index is 585. The van der Waals surface area contributed by atoms with E-state index in [9.17, 15) is 9.90 Å². The van der Waals surface area contributed by atoms with E-state index in [4.69, 9.17) is 11.0 Å². The Morgan fingerprint density at radius 1 is 1.57 bits per heavy atom. The summed E-state index contributed by atoms with van der Waals surface area (Å²) in [6.45, 7) is 1.96. The van der Waals surface area contributed by atoms with Gasteiger partial charge in [0.25, 0.3) is 0 Å². The van der Waals surface area contributed by atoms with Crippen LogP contribution >= 0.6 is 15.9 Å². The van der Waals surface area contributed by atoms with E-state index in [0.717, 1.165) is 23.0 Å². The van der Waals surface area contributed by atoms with Gasteiger partial charge in [0, 0.05) is 17.6 Å². The first kappa shape index (κ1) is 16.0. The lowest BCUT2D eigenvalue weighted by molar-refractivity contribution is -0.125. The Kier molecular flexibility index (Phi) is 4.99. The monoisotopic (exact) mass is 351 g/mol. The van der Waals surface area contributed by atoms with E-state index in [1.165, 1.54) is 0 Å². The molecule has 0 saturated carbocycles. The van der Waals surface area contributed by atoms with Gasteiger partial charge in [0.1, 0.15) is 0 Å². The number of benzene rings is 1. The lowest BCUT2D eigenvalue weighted by Crippen LogP contribution is -2.49. The van der Waals surface area contributed by atoms with Gasteiger partial charge in [0.05, 0.1) is 23.7 Å². The maximum atomic E-state index is 11.1. The van der Waals surface area contributed by atoms with Gasteiger partial charge in [-0.15, -0.1) is 0 Å². The molecule has 0 spiro atoms. The normalized spacial score (nSPS) is 22.7. The number of hydrogen-bond donors (Lipinski definition) is 2. The predicted octanol–water partition coefficient (Wildman–Crippen LogP) is 1.52. The molecule has 0 aliphatic carbocycles. The minimum Gasteiger partial charge on any atom is -0.388 e. The summed E-state index contributed by atoms with van der Waals surface area (Å²) in [4.78, 5) is 13.2. The van der Waals surface area contributed by atoms with Gasteiger partial charge >= 0.3 is 0 Å². The van der Waals surface area contributed by atoms with Gasteiger partial charge in [-0.2, -0.15) is 5.26 Å². The Morgan fingerprint density at radius 3 is 2.95 bits per heavy atom. The molecule has 1 amide bonds. The molecule has 1 aromatic rings. The molecule has 21 heavy (non-hydrogen) atoms. The Morgan fingerprint density at radius 2 is 2.33 bits per heavy atom. The van der Waals surface area contributed by atoms with Crippen molar-refractivity contribution in [1.82, 2.24) is 4.90 Å². The summed E-state index contributed by atoms with van der Waals surface area (Å²) in [5.41, 5.74) is 5.84. The maximum Gasteiger partial charge on any atom is 0.220 e. The van der Waals surface area contributed by atoms with Crippen molar-refractivity contribution in [2.75, 3.05) is 13.1 Å². The number of aliphatic hydroxyl groups is 1. The molecule has 1 fully saturated rings. The third-order valence-electron chi connectivity index (χ3n) is 3.71. The van der Waals surface area contributed by atoms with Crippen molar-refractivity contribution in [2.45, 2.75) is 31.4 Å². The van der Waals surface area contributed by atoms with Crippen molar-refractivity contribution in [1.29, 1.82) is 5.26 Å². The number of amides is 1. The SMILES string of the molecule is N#Cc1ccc(CN2CCCC(O)(CC(N)=O)C2)c(Br)c1. The highest BCUT2D eigenvalue weighted by Gasteiger charge is 2.34. The average molecular weight is 352 g/mol. The van der Waals surface area contributed by atoms with E-state index in [0.29, 0.717) is 25.1 Å². The van der Waals surface area contributed by atoms with E-state index in [2.05, 4.69) is 26.9 Å². The van der Waals surface area contributed by atoms with Crippen LogP contribution in [0.5, 0.6) is 0 Å². The van der Waals surface area contributed by atoms with Gasteiger partial charge < -0.3 is 10.8 Å². The zero-order valence-electron chi connectivity index (χ0n) is 11.7. The molecule has 1 atom stereocenters. The van der Waals surface area contributed by atoms with Crippen molar-refractivity contribution < 1.29 is 9.90 Å². The number of nitrogens with zero attached hydrogens (tertiary/aromatic N) is 2. The van der Waals surface area contributed by atoms with Crippen LogP contribution in [0.25, 0.3) is 0 Å². The predicted molar refractivity (Wildman–Crippen MR) is 82.1 cm³/mol. The first-order chi connectivity index (χ1) is 9.92. The Labute approximate surface area is 132 Å². The Hall–Kier alpha value is -1.42. The fourth-order valence-corrected chi connectivity index (χ4v) is 3.30. The van der Waals surface area contributed by atoms with Crippen molar-refractivity contribution in [3.05, 3.63) is 33.8 Å². The van der Waals surface area contributed by atoms with E-state index in [-0.39, 0.29) is 6.42 Å². The molecule has 1 aliphatic heterocycles. The lowest BCUT2D eigenvalue weighted by Gasteiger charge is -2.38. The van der Waals surface area contributed by atoms with Gasteiger partial charge in [-0.1, -0.05) is 22.0 Å². The van der Waals surface area contributed by atoms with Crippen LogP contribution in [-0.2, 0) is 11.3 Å². The largest absolute Gasteiger partial charge is 0.388 e. The number of nitriles is 1. The van der Waals surface area contributed by atoms with Gasteiger partial charge in [-0.3, -0.25) is 9.69 Å². The summed E-state index contributed by atoms with van der Waals surface area (Å²) in [5.74, 6) is -0.473. The van der Waals surface area contributed by atoms with E-state index in [1.54, 1.807) is 12.1 Å². The van der Waals surface area contributed by atoms with Crippen LogP contribution < -0.4 is 5.73 Å². The number of hydrogen-bond acceptors (Lipinski definition) is 4. The van der Waals surface area contributed by atoms with Crippen LogP contribution in [0.2, 0.25) is 0 Å². The number of nitrogens with two attached hydrogens (primary N) is 1. The molecule has 0 radical (unpaired) electrons. The van der Waals surface area contributed by atoms with Gasteiger partial charge in [0.2, 0.25) is 5.91 Å². The third kappa shape index (κ3) is 4.27. The molecule has 5 nitrogen and oxygen atoms in total. The van der Waals surface area contributed by atoms with Gasteiger partial charge in [-0.25, -0.2) is 0 Å². The fourth-order valence-electron chi connectivity index (χ4n) is 2.80. The zero-order chi connectivity index (χ0) is 15.5. The highest BCUT2D eigenvalue weighted by atomic mass is 79.9. The number of primary amides is 1. The molecular formula is C15H18BrN3O2. The Balaban J connectivity index is 2.06. The number of β-amino-alcohol motifs (C(OH)–C–C–N with tert-alkyl or cyclic N) is 1. The van der Waals surface area contributed by atoms with Crippen LogP contribution in [-0.4, -0.2) is 34.6 Å². The quantitative estimate of drug-likeness (QED) is 0.860. The third-order valence-corrected chi connectivity index (χ3v) is 4.45. The molecular weight excluding hydrogens is 334 g/mol. The molecule has 0 aromatic heterocycles. The molecule has 0 bridgehead atoms. The summed E-state index contributed by atoms with van der Waals surface area (Å²) < 4.78 is 0.880. The van der Waals surface area contributed by atoms with Crippen molar-refractivity contribution in [3.63, 3.8) is 0 Å². The molecule has 1 aliphatic rings. The minimum absolute atomic E-state index is 0.00194. The highest BCUT2D eigenvalue weighted by molar-refractivity contribution is 9.10. The van der Waals surface area contributed by atoms with E-state index >= 15 is 0 Å². The van der Waals surface area contributed by atoms with Crippen molar-refractivity contribution >= 4 is 21.8 Å². The maximum absolute atomic E-state index is 11.1. The molecule has 2 rings (SSSR count). The number of carbonyl (C=O) groups excluding carboxylic acids is 1. The fraction of sp³-hybridized carbons (Fsp3) is 0.467. The summed E-state index contributed by atoms with van der Waals surface area (Å²) >= 11 is 3.47. The molecule has 112 valence electrons. The number of carbonyl (C=O) groups is 1. The van der Waals surface area contributed by atoms with Crippen LogP contribution in [0.4, 0.5) is 0 Å². The molecule has 1 saturated heterocycles. The number of likely N-dealkylation sites (tertiary alicyclic amines) is 1. The standard InChI is InChI=1S/C15H18BrN3O2/c16-13-6-11(8-17)2-3-12(13)9-19-5-1-4-15(21,10-19)7-14(18)20/h2-3,6,21H,1,4-5,7,9-10H2,(H2,18,20). The minimum atomic E-state index is -1.02. The first-order valence-electron chi connectivity index (χ1n) is 6.83. The second-order valence-electron chi connectivity index (χ2n) is 5.60. The summed E-state index contributed by atoms with van der Waals surface area (Å²) in [7, 11) is 0. The zero-order valence-corrected chi connectivity index (χ0v) is 13.3. The van der Waals surface area contributed by atoms with E-state index < -0.39 is 11.5 Å². The second kappa shape index (κ2) is 6.56. The second-order valence-corrected chi connectivity index (χ2v) is 6.45. The average Bonchev–Trinajstić information content (AvgIpc) is 2.39. The highest BCUT2D eigenvalue weighted by Crippen LogP contribution is 2.27. The number of piperidine rings is 1. The summed E-state index contributed by atoms with van der Waals surface area (Å²) in [6, 6.07) is 7.57. The molecule has 6 heteroatoms. The van der Waals surface area contributed by atoms with Crippen LogP contribution in [0, 0.1) is 11.3 Å². The van der Waals surface area contributed by atoms with Crippen LogP contribution in [0.15, 0.2) is 22.7 Å². The summed E-state index contributed by atoms with van der Waals surface area (Å²) in [6.07, 6.45) is 1.43. The molecule has 1 unspecified atom stereocenters. The molecule has 3 N–H and O–H groups in total. The van der Waals surface area contributed by atoms with E-state index in [1.807, 2.05) is 6.07 Å². The first-order valence-corrected chi connectivity index (χ1v) is 7.63. The van der Waals surface area contributed by atoms with Crippen LogP contribution in [0.1, 0.15) is 30.4 Å². The van der Waals surface area contributed by atoms with Crippen molar-refractivity contribution in [2.24, 2.45) is 5.73 Å². The van der Waals surface area contributed by atoms with Crippen molar-refractivity contribution in [3.8, 4) is 6.07 Å². The molecule has 1 aromatic carbocycles. The van der Waals surface area contributed by atoms with Crippen LogP contribution in [0.3, 0.4) is 0 Å². The lowest BCUT2D eigenvalue weighted by atomic mass is 9.89. The smallest absolute Gasteiger partial charge is 0.220 e. The molecule has 1 heterocycles. The topological polar surface area (TPSA) is 90.3 Å². The van der Waals surface area contributed by atoms with Gasteiger partial charge in [-0.05, 0) is 37.1 Å². The number of halogens is 1. The summed E-state index contributed by atoms with van der Waals surface area (Å²) in [5, 5.41) is 19.3.